The highest BCUT2D eigenvalue weighted by molar-refractivity contribution is 6.31. The van der Waals surface area contributed by atoms with E-state index in [2.05, 4.69) is 37.1 Å². The molecule has 5 rings (SSSR count). The van der Waals surface area contributed by atoms with E-state index in [-0.39, 0.29) is 35.6 Å². The lowest BCUT2D eigenvalue weighted by atomic mass is 9.67. The van der Waals surface area contributed by atoms with Gasteiger partial charge in [-0.2, -0.15) is 0 Å². The lowest BCUT2D eigenvalue weighted by molar-refractivity contribution is -0.128. The van der Waals surface area contributed by atoms with Crippen molar-refractivity contribution in [1.82, 2.24) is 9.80 Å². The van der Waals surface area contributed by atoms with Gasteiger partial charge in [-0.3, -0.25) is 4.79 Å². The van der Waals surface area contributed by atoms with Crippen LogP contribution in [0.25, 0.3) is 10.8 Å². The van der Waals surface area contributed by atoms with E-state index in [0.29, 0.717) is 11.6 Å². The molecule has 1 atom stereocenters. The molecule has 0 bridgehead atoms. The molecule has 2 aliphatic rings. The van der Waals surface area contributed by atoms with Gasteiger partial charge in [0.15, 0.2) is 0 Å². The number of carbonyl (C=O) groups is 1. The minimum atomic E-state index is -0.387. The molecule has 2 aliphatic heterocycles. The Morgan fingerprint density at radius 3 is 2.41 bits per heavy atom. The first-order valence-electron chi connectivity index (χ1n) is 11.5. The summed E-state index contributed by atoms with van der Waals surface area (Å²) in [6.45, 7) is 4.44. The number of piperidine rings is 1. The third-order valence-corrected chi connectivity index (χ3v) is 7.73. The molecule has 1 saturated heterocycles. The number of rotatable bonds is 4. The van der Waals surface area contributed by atoms with Gasteiger partial charge in [0, 0.05) is 22.6 Å². The Morgan fingerprint density at radius 1 is 1.03 bits per heavy atom. The van der Waals surface area contributed by atoms with E-state index in [4.69, 9.17) is 11.6 Å². The van der Waals surface area contributed by atoms with E-state index < -0.39 is 0 Å². The summed E-state index contributed by atoms with van der Waals surface area (Å²) in [5, 5.41) is 2.86. The standard InChI is InChI=1S/C28H28ClFN2O.ClH/c1-19(25-18-22(29)17-20-5-3-4-6-24(20)25)32-14-11-26(27(32)33)28(12-15-31(2)16-13-28)21-7-9-23(30)10-8-21;/h3-11,17-19H,12-16H2,1-2H3;1H/t19-;/m0./s1. The third kappa shape index (κ3) is 4.24. The van der Waals surface area contributed by atoms with Gasteiger partial charge < -0.3 is 9.80 Å². The highest BCUT2D eigenvalue weighted by atomic mass is 35.5. The van der Waals surface area contributed by atoms with E-state index in [0.717, 1.165) is 53.4 Å². The average Bonchev–Trinajstić information content (AvgIpc) is 3.21. The molecular formula is C28H29Cl2FN2O. The van der Waals surface area contributed by atoms with Gasteiger partial charge in [-0.25, -0.2) is 4.39 Å². The fourth-order valence-electron chi connectivity index (χ4n) is 5.55. The lowest BCUT2D eigenvalue weighted by Crippen LogP contribution is -2.45. The van der Waals surface area contributed by atoms with Gasteiger partial charge >= 0.3 is 0 Å². The van der Waals surface area contributed by atoms with Gasteiger partial charge in [0.25, 0.3) is 5.91 Å². The molecule has 1 amide bonds. The van der Waals surface area contributed by atoms with E-state index in [9.17, 15) is 9.18 Å². The number of nitrogens with zero attached hydrogens (tertiary/aromatic N) is 2. The van der Waals surface area contributed by atoms with Crippen LogP contribution in [0.15, 0.2) is 72.3 Å². The van der Waals surface area contributed by atoms with Crippen molar-refractivity contribution in [2.75, 3.05) is 26.7 Å². The summed E-state index contributed by atoms with van der Waals surface area (Å²) in [7, 11) is 2.11. The highest BCUT2D eigenvalue weighted by Crippen LogP contribution is 2.45. The fraction of sp³-hybridized carbons (Fsp3) is 0.321. The first-order valence-corrected chi connectivity index (χ1v) is 11.9. The molecular weight excluding hydrogens is 470 g/mol. The molecule has 0 unspecified atom stereocenters. The molecule has 0 N–H and O–H groups in total. The Balaban J connectivity index is 0.00000274. The molecule has 0 spiro atoms. The molecule has 34 heavy (non-hydrogen) atoms. The first kappa shape index (κ1) is 24.7. The minimum Gasteiger partial charge on any atom is -0.328 e. The normalized spacial score (nSPS) is 19.1. The van der Waals surface area contributed by atoms with Gasteiger partial charge in [0.05, 0.1) is 6.04 Å². The summed E-state index contributed by atoms with van der Waals surface area (Å²) in [5.41, 5.74) is 2.54. The Bertz CT molecular complexity index is 1230. The second-order valence-electron chi connectivity index (χ2n) is 9.36. The number of hydrogen-bond donors (Lipinski definition) is 0. The Hall–Kier alpha value is -2.40. The van der Waals surface area contributed by atoms with Crippen LogP contribution >= 0.6 is 24.0 Å². The zero-order valence-corrected chi connectivity index (χ0v) is 21.0. The molecule has 1 fully saturated rings. The maximum absolute atomic E-state index is 13.9. The molecule has 0 saturated carbocycles. The van der Waals surface area contributed by atoms with Gasteiger partial charge in [-0.1, -0.05) is 54.1 Å². The maximum atomic E-state index is 13.9. The molecule has 6 heteroatoms. The number of halogens is 3. The molecule has 0 radical (unpaired) electrons. The highest BCUT2D eigenvalue weighted by Gasteiger charge is 2.45. The van der Waals surface area contributed by atoms with E-state index >= 15 is 0 Å². The number of carbonyl (C=O) groups excluding carboxylic acids is 1. The first-order chi connectivity index (χ1) is 15.9. The number of amides is 1. The number of hydrogen-bond acceptors (Lipinski definition) is 2. The number of benzene rings is 3. The summed E-state index contributed by atoms with van der Waals surface area (Å²) < 4.78 is 13.7. The number of fused-ring (bicyclic) bond motifs is 1. The molecule has 3 aromatic rings. The SMILES string of the molecule is C[C@@H](c1cc(Cl)cc2ccccc12)N1CC=C(C2(c3ccc(F)cc3)CCN(C)CC2)C1=O.Cl. The van der Waals surface area contributed by atoms with Gasteiger partial charge in [-0.15, -0.1) is 12.4 Å². The quantitative estimate of drug-likeness (QED) is 0.407. The Kier molecular flexibility index (Phi) is 7.04. The molecule has 178 valence electrons. The van der Waals surface area contributed by atoms with Crippen LogP contribution in [0.4, 0.5) is 4.39 Å². The van der Waals surface area contributed by atoms with E-state index in [1.165, 1.54) is 12.1 Å². The smallest absolute Gasteiger partial charge is 0.251 e. The van der Waals surface area contributed by atoms with Crippen LogP contribution in [0.5, 0.6) is 0 Å². The van der Waals surface area contributed by atoms with Crippen LogP contribution in [0.1, 0.15) is 36.9 Å². The van der Waals surface area contributed by atoms with Crippen molar-refractivity contribution >= 4 is 40.7 Å². The predicted octanol–water partition coefficient (Wildman–Crippen LogP) is 6.55. The van der Waals surface area contributed by atoms with Crippen LogP contribution in [0.2, 0.25) is 5.02 Å². The molecule has 0 aliphatic carbocycles. The Labute approximate surface area is 211 Å². The fourth-order valence-corrected chi connectivity index (χ4v) is 5.78. The van der Waals surface area contributed by atoms with Gasteiger partial charge in [-0.05, 0) is 86.1 Å². The summed E-state index contributed by atoms with van der Waals surface area (Å²) in [5.74, 6) is -0.183. The summed E-state index contributed by atoms with van der Waals surface area (Å²) >= 11 is 6.44. The third-order valence-electron chi connectivity index (χ3n) is 7.51. The number of likely N-dealkylation sites (tertiary alicyclic amines) is 1. The van der Waals surface area contributed by atoms with Crippen molar-refractivity contribution in [2.45, 2.75) is 31.2 Å². The maximum Gasteiger partial charge on any atom is 0.251 e. The zero-order chi connectivity index (χ0) is 23.2. The summed E-state index contributed by atoms with van der Waals surface area (Å²) in [6.07, 6.45) is 3.78. The van der Waals surface area contributed by atoms with Crippen molar-refractivity contribution in [1.29, 1.82) is 0 Å². The average molecular weight is 499 g/mol. The molecule has 3 aromatic carbocycles. The van der Waals surface area contributed by atoms with Crippen LogP contribution in [0, 0.1) is 5.82 Å². The Morgan fingerprint density at radius 2 is 1.71 bits per heavy atom. The van der Waals surface area contributed by atoms with Crippen molar-refractivity contribution < 1.29 is 9.18 Å². The largest absolute Gasteiger partial charge is 0.328 e. The summed E-state index contributed by atoms with van der Waals surface area (Å²) in [6, 6.07) is 18.7. The zero-order valence-electron chi connectivity index (χ0n) is 19.4. The summed E-state index contributed by atoms with van der Waals surface area (Å²) in [4.78, 5) is 18.1. The van der Waals surface area contributed by atoms with Crippen LogP contribution in [-0.4, -0.2) is 42.4 Å². The van der Waals surface area contributed by atoms with Gasteiger partial charge in [0.1, 0.15) is 5.82 Å². The molecule has 2 heterocycles. The monoisotopic (exact) mass is 498 g/mol. The van der Waals surface area contributed by atoms with Crippen molar-refractivity contribution in [2.24, 2.45) is 0 Å². The van der Waals surface area contributed by atoms with Crippen LogP contribution < -0.4 is 0 Å². The van der Waals surface area contributed by atoms with Crippen molar-refractivity contribution in [3.05, 3.63) is 94.3 Å². The minimum absolute atomic E-state index is 0. The molecule has 0 aromatic heterocycles. The topological polar surface area (TPSA) is 23.6 Å². The second-order valence-corrected chi connectivity index (χ2v) is 9.80. The molecule has 3 nitrogen and oxygen atoms in total. The van der Waals surface area contributed by atoms with Crippen LogP contribution in [-0.2, 0) is 10.2 Å². The van der Waals surface area contributed by atoms with E-state index in [1.807, 2.05) is 41.3 Å². The van der Waals surface area contributed by atoms with E-state index in [1.54, 1.807) is 0 Å². The van der Waals surface area contributed by atoms with Crippen molar-refractivity contribution in [3.8, 4) is 0 Å². The van der Waals surface area contributed by atoms with Gasteiger partial charge in [0.2, 0.25) is 0 Å². The second kappa shape index (κ2) is 9.69. The lowest BCUT2D eigenvalue weighted by Gasteiger charge is -2.42. The predicted molar refractivity (Wildman–Crippen MR) is 139 cm³/mol. The van der Waals surface area contributed by atoms with Crippen molar-refractivity contribution in [3.63, 3.8) is 0 Å². The van der Waals surface area contributed by atoms with Crippen LogP contribution in [0.3, 0.4) is 0 Å².